The van der Waals surface area contributed by atoms with Crippen LogP contribution in [0.3, 0.4) is 0 Å². The molecule has 0 aromatic carbocycles. The number of nitrogens with one attached hydrogen (secondary N) is 1. The third-order valence-corrected chi connectivity index (χ3v) is 3.56. The van der Waals surface area contributed by atoms with Crippen molar-refractivity contribution < 1.29 is 4.74 Å². The van der Waals surface area contributed by atoms with Crippen LogP contribution >= 0.6 is 22.9 Å². The second-order valence-corrected chi connectivity index (χ2v) is 6.22. The zero-order chi connectivity index (χ0) is 12.7. The lowest BCUT2D eigenvalue weighted by molar-refractivity contribution is 0.107. The smallest absolute Gasteiger partial charge is 0.0931 e. The second kappa shape index (κ2) is 8.09. The Morgan fingerprint density at radius 1 is 1.41 bits per heavy atom. The Hall–Kier alpha value is -0.0900. The molecule has 1 heterocycles. The van der Waals surface area contributed by atoms with Gasteiger partial charge in [0.25, 0.3) is 0 Å². The summed E-state index contributed by atoms with van der Waals surface area (Å²) in [4.78, 5) is 0. The number of ether oxygens (including phenoxy) is 1. The van der Waals surface area contributed by atoms with Crippen molar-refractivity contribution >= 4 is 22.9 Å². The molecule has 2 nitrogen and oxygen atoms in total. The molecule has 17 heavy (non-hydrogen) atoms. The fraction of sp³-hybridized carbons (Fsp3) is 0.692. The van der Waals surface area contributed by atoms with Gasteiger partial charge in [0.1, 0.15) is 0 Å². The molecule has 0 aliphatic carbocycles. The van der Waals surface area contributed by atoms with Gasteiger partial charge < -0.3 is 10.1 Å². The van der Waals surface area contributed by atoms with Crippen molar-refractivity contribution in [3.8, 4) is 0 Å². The standard InChI is InChI=1S/C13H22ClNOS/c1-10(2)8-16-6-4-5-15-11(3)12-7-13(14)17-9-12/h7,9-11,15H,4-6,8H2,1-3H3. The molecule has 4 heteroatoms. The summed E-state index contributed by atoms with van der Waals surface area (Å²) < 4.78 is 6.38. The van der Waals surface area contributed by atoms with Crippen molar-refractivity contribution in [2.45, 2.75) is 33.2 Å². The predicted octanol–water partition coefficient (Wildman–Crippen LogP) is 4.11. The lowest BCUT2D eigenvalue weighted by atomic mass is 10.2. The fourth-order valence-electron chi connectivity index (χ4n) is 1.48. The average molecular weight is 276 g/mol. The van der Waals surface area contributed by atoms with E-state index in [0.29, 0.717) is 12.0 Å². The van der Waals surface area contributed by atoms with Crippen molar-refractivity contribution in [1.29, 1.82) is 0 Å². The quantitative estimate of drug-likeness (QED) is 0.721. The van der Waals surface area contributed by atoms with Gasteiger partial charge in [-0.1, -0.05) is 25.4 Å². The van der Waals surface area contributed by atoms with Crippen LogP contribution in [0.1, 0.15) is 38.8 Å². The molecule has 0 saturated carbocycles. The molecule has 0 aliphatic heterocycles. The highest BCUT2D eigenvalue weighted by molar-refractivity contribution is 7.14. The predicted molar refractivity (Wildman–Crippen MR) is 76.0 cm³/mol. The topological polar surface area (TPSA) is 21.3 Å². The molecule has 0 amide bonds. The fourth-order valence-corrected chi connectivity index (χ4v) is 2.46. The molecule has 1 aromatic heterocycles. The van der Waals surface area contributed by atoms with Gasteiger partial charge in [-0.05, 0) is 42.8 Å². The zero-order valence-electron chi connectivity index (χ0n) is 10.8. The maximum atomic E-state index is 5.91. The molecule has 0 aliphatic rings. The van der Waals surface area contributed by atoms with Gasteiger partial charge >= 0.3 is 0 Å². The van der Waals surface area contributed by atoms with E-state index in [4.69, 9.17) is 16.3 Å². The minimum Gasteiger partial charge on any atom is -0.381 e. The van der Waals surface area contributed by atoms with Crippen LogP contribution < -0.4 is 5.32 Å². The molecule has 1 unspecified atom stereocenters. The van der Waals surface area contributed by atoms with E-state index < -0.39 is 0 Å². The summed E-state index contributed by atoms with van der Waals surface area (Å²) in [6, 6.07) is 2.39. The largest absolute Gasteiger partial charge is 0.381 e. The summed E-state index contributed by atoms with van der Waals surface area (Å²) in [5.74, 6) is 0.620. The number of hydrogen-bond acceptors (Lipinski definition) is 3. The SMILES string of the molecule is CC(C)COCCCNC(C)c1csc(Cl)c1. The van der Waals surface area contributed by atoms with Crippen LogP contribution in [0.25, 0.3) is 0 Å². The first-order valence-electron chi connectivity index (χ1n) is 6.14. The highest BCUT2D eigenvalue weighted by atomic mass is 35.5. The summed E-state index contributed by atoms with van der Waals surface area (Å²) in [5.41, 5.74) is 1.27. The number of halogens is 1. The first-order chi connectivity index (χ1) is 8.09. The Balaban J connectivity index is 2.06. The summed E-state index contributed by atoms with van der Waals surface area (Å²) >= 11 is 7.49. The van der Waals surface area contributed by atoms with Crippen LogP contribution in [-0.2, 0) is 4.74 Å². The van der Waals surface area contributed by atoms with Crippen LogP contribution in [0.15, 0.2) is 11.4 Å². The second-order valence-electron chi connectivity index (χ2n) is 4.68. The van der Waals surface area contributed by atoms with E-state index in [1.54, 1.807) is 11.3 Å². The maximum Gasteiger partial charge on any atom is 0.0931 e. The minimum absolute atomic E-state index is 0.365. The highest BCUT2D eigenvalue weighted by Crippen LogP contribution is 2.24. The van der Waals surface area contributed by atoms with Crippen LogP contribution in [0.2, 0.25) is 4.34 Å². The van der Waals surface area contributed by atoms with E-state index in [9.17, 15) is 0 Å². The van der Waals surface area contributed by atoms with Gasteiger partial charge in [0.2, 0.25) is 0 Å². The van der Waals surface area contributed by atoms with E-state index in [1.807, 2.05) is 6.07 Å². The van der Waals surface area contributed by atoms with Gasteiger partial charge in [0.05, 0.1) is 4.34 Å². The normalized spacial score (nSPS) is 13.2. The lowest BCUT2D eigenvalue weighted by Crippen LogP contribution is -2.20. The van der Waals surface area contributed by atoms with Crippen LogP contribution in [0.4, 0.5) is 0 Å². The Morgan fingerprint density at radius 2 is 2.18 bits per heavy atom. The number of rotatable bonds is 8. The Morgan fingerprint density at radius 3 is 2.76 bits per heavy atom. The molecule has 0 radical (unpaired) electrons. The molecule has 0 spiro atoms. The van der Waals surface area contributed by atoms with E-state index in [2.05, 4.69) is 31.5 Å². The molecule has 1 atom stereocenters. The lowest BCUT2D eigenvalue weighted by Gasteiger charge is -2.12. The molecular weight excluding hydrogens is 254 g/mol. The van der Waals surface area contributed by atoms with E-state index >= 15 is 0 Å². The molecular formula is C13H22ClNOS. The maximum absolute atomic E-state index is 5.91. The van der Waals surface area contributed by atoms with Crippen molar-refractivity contribution in [1.82, 2.24) is 5.32 Å². The average Bonchev–Trinajstić information content (AvgIpc) is 2.69. The monoisotopic (exact) mass is 275 g/mol. The molecule has 0 fully saturated rings. The summed E-state index contributed by atoms with van der Waals surface area (Å²) in [5, 5.41) is 5.57. The highest BCUT2D eigenvalue weighted by Gasteiger charge is 2.06. The van der Waals surface area contributed by atoms with Crippen molar-refractivity contribution in [2.75, 3.05) is 19.8 Å². The van der Waals surface area contributed by atoms with Gasteiger partial charge in [0, 0.05) is 19.3 Å². The molecule has 1 N–H and O–H groups in total. The van der Waals surface area contributed by atoms with Crippen molar-refractivity contribution in [3.05, 3.63) is 21.3 Å². The zero-order valence-corrected chi connectivity index (χ0v) is 12.4. The Labute approximate surface area is 113 Å². The van der Waals surface area contributed by atoms with Crippen molar-refractivity contribution in [2.24, 2.45) is 5.92 Å². The van der Waals surface area contributed by atoms with Gasteiger partial charge in [-0.3, -0.25) is 0 Å². The van der Waals surface area contributed by atoms with Gasteiger partial charge in [-0.15, -0.1) is 11.3 Å². The van der Waals surface area contributed by atoms with Gasteiger partial charge in [-0.2, -0.15) is 0 Å². The molecule has 0 bridgehead atoms. The molecule has 98 valence electrons. The van der Waals surface area contributed by atoms with Crippen LogP contribution in [-0.4, -0.2) is 19.8 Å². The number of hydrogen-bond donors (Lipinski definition) is 1. The first kappa shape index (κ1) is 15.0. The molecule has 1 rings (SSSR count). The van der Waals surface area contributed by atoms with Crippen LogP contribution in [0, 0.1) is 5.92 Å². The third-order valence-electron chi connectivity index (χ3n) is 2.45. The summed E-state index contributed by atoms with van der Waals surface area (Å²) in [6.45, 7) is 9.17. The van der Waals surface area contributed by atoms with Gasteiger partial charge in [0.15, 0.2) is 0 Å². The third kappa shape index (κ3) is 6.41. The Bertz CT molecular complexity index is 314. The van der Waals surface area contributed by atoms with Crippen molar-refractivity contribution in [3.63, 3.8) is 0 Å². The first-order valence-corrected chi connectivity index (χ1v) is 7.40. The number of thiophene rings is 1. The summed E-state index contributed by atoms with van der Waals surface area (Å²) in [6.07, 6.45) is 1.05. The summed E-state index contributed by atoms with van der Waals surface area (Å²) in [7, 11) is 0. The minimum atomic E-state index is 0.365. The Kier molecular flexibility index (Phi) is 7.12. The molecule has 1 aromatic rings. The molecule has 0 saturated heterocycles. The van der Waals surface area contributed by atoms with E-state index in [0.717, 1.165) is 30.5 Å². The van der Waals surface area contributed by atoms with E-state index in [1.165, 1.54) is 5.56 Å². The van der Waals surface area contributed by atoms with E-state index in [-0.39, 0.29) is 0 Å². The van der Waals surface area contributed by atoms with Crippen LogP contribution in [0.5, 0.6) is 0 Å². The van der Waals surface area contributed by atoms with Gasteiger partial charge in [-0.25, -0.2) is 0 Å².